The molecule has 0 saturated carbocycles. The highest BCUT2D eigenvalue weighted by Gasteiger charge is 2.25. The van der Waals surface area contributed by atoms with Gasteiger partial charge in [-0.1, -0.05) is 13.8 Å². The largest absolute Gasteiger partial charge is 0.396 e. The van der Waals surface area contributed by atoms with Gasteiger partial charge in [0, 0.05) is 25.9 Å². The minimum absolute atomic E-state index is 0.00696. The van der Waals surface area contributed by atoms with Crippen LogP contribution in [-0.2, 0) is 16.6 Å². The molecule has 20 heavy (non-hydrogen) atoms. The van der Waals surface area contributed by atoms with Crippen molar-refractivity contribution in [3.8, 4) is 0 Å². The van der Waals surface area contributed by atoms with Gasteiger partial charge in [-0.05, 0) is 25.2 Å². The average Bonchev–Trinajstić information content (AvgIpc) is 2.77. The first-order valence-corrected chi connectivity index (χ1v) is 8.13. The highest BCUT2D eigenvalue weighted by atomic mass is 32.2. The van der Waals surface area contributed by atoms with E-state index in [-0.39, 0.29) is 29.3 Å². The number of nitrogen functional groups attached to an aromatic ring is 1. The molecule has 0 amide bonds. The average molecular weight is 304 g/mol. The summed E-state index contributed by atoms with van der Waals surface area (Å²) in [5, 5.41) is 12.8. The Balaban J connectivity index is 2.77. The molecule has 0 spiro atoms. The molecule has 4 N–H and O–H groups in total. The van der Waals surface area contributed by atoms with Crippen LogP contribution in [0.25, 0.3) is 0 Å². The molecule has 0 radical (unpaired) electrons. The Morgan fingerprint density at radius 1 is 1.50 bits per heavy atom. The van der Waals surface area contributed by atoms with Crippen molar-refractivity contribution in [1.82, 2.24) is 14.5 Å². The second kappa shape index (κ2) is 6.55. The van der Waals surface area contributed by atoms with Crippen molar-refractivity contribution in [1.29, 1.82) is 0 Å². The van der Waals surface area contributed by atoms with Gasteiger partial charge in [-0.2, -0.15) is 5.10 Å². The normalized spacial score (nSPS) is 12.8. The maximum absolute atomic E-state index is 12.2. The number of anilines is 1. The van der Waals surface area contributed by atoms with Gasteiger partial charge >= 0.3 is 0 Å². The van der Waals surface area contributed by atoms with Crippen molar-refractivity contribution < 1.29 is 13.5 Å². The topological polar surface area (TPSA) is 110 Å². The molecule has 1 aromatic rings. The molecule has 1 rings (SSSR count). The lowest BCUT2D eigenvalue weighted by molar-refractivity contribution is 0.242. The smallest absolute Gasteiger partial charge is 0.245 e. The van der Waals surface area contributed by atoms with E-state index in [1.165, 1.54) is 10.9 Å². The Morgan fingerprint density at radius 2 is 2.15 bits per heavy atom. The molecule has 0 aliphatic heterocycles. The molecule has 1 heterocycles. The molecule has 0 bridgehead atoms. The molecule has 0 fully saturated rings. The number of aromatic nitrogens is 2. The van der Waals surface area contributed by atoms with Crippen molar-refractivity contribution in [2.75, 3.05) is 18.9 Å². The second-order valence-corrected chi connectivity index (χ2v) is 7.29. The standard InChI is InChI=1S/C12H24N4O3S/c1-4-16-8-10(11(13)15-16)20(18,19)14-9-12(2,3)6-5-7-17/h8,14,17H,4-7,9H2,1-3H3,(H2,13,15). The van der Waals surface area contributed by atoms with Gasteiger partial charge in [0.15, 0.2) is 5.82 Å². The summed E-state index contributed by atoms with van der Waals surface area (Å²) in [5.41, 5.74) is 5.41. The van der Waals surface area contributed by atoms with Crippen LogP contribution in [0.5, 0.6) is 0 Å². The van der Waals surface area contributed by atoms with Gasteiger partial charge < -0.3 is 10.8 Å². The lowest BCUT2D eigenvalue weighted by atomic mass is 9.88. The molecule has 0 unspecified atom stereocenters. The fourth-order valence-electron chi connectivity index (χ4n) is 1.80. The Bertz CT molecular complexity index is 537. The van der Waals surface area contributed by atoms with E-state index in [4.69, 9.17) is 10.8 Å². The summed E-state index contributed by atoms with van der Waals surface area (Å²) in [6, 6.07) is 0. The van der Waals surface area contributed by atoms with E-state index < -0.39 is 10.0 Å². The summed E-state index contributed by atoms with van der Waals surface area (Å²) < 4.78 is 28.5. The fourth-order valence-corrected chi connectivity index (χ4v) is 3.11. The van der Waals surface area contributed by atoms with Crippen molar-refractivity contribution in [2.45, 2.75) is 45.1 Å². The molecule has 116 valence electrons. The van der Waals surface area contributed by atoms with Crippen LogP contribution in [0.15, 0.2) is 11.1 Å². The minimum Gasteiger partial charge on any atom is -0.396 e. The number of nitrogens with zero attached hydrogens (tertiary/aromatic N) is 2. The molecular weight excluding hydrogens is 280 g/mol. The van der Waals surface area contributed by atoms with Crippen molar-refractivity contribution in [3.05, 3.63) is 6.20 Å². The Kier molecular flexibility index (Phi) is 5.55. The maximum Gasteiger partial charge on any atom is 0.245 e. The highest BCUT2D eigenvalue weighted by molar-refractivity contribution is 7.89. The van der Waals surface area contributed by atoms with Crippen LogP contribution in [0.1, 0.15) is 33.6 Å². The molecular formula is C12H24N4O3S. The number of nitrogens with one attached hydrogen (secondary N) is 1. The van der Waals surface area contributed by atoms with E-state index in [1.807, 2.05) is 20.8 Å². The minimum atomic E-state index is -3.66. The van der Waals surface area contributed by atoms with Crippen molar-refractivity contribution in [3.63, 3.8) is 0 Å². The third kappa shape index (κ3) is 4.46. The van der Waals surface area contributed by atoms with Crippen LogP contribution < -0.4 is 10.5 Å². The molecule has 0 aliphatic rings. The molecule has 0 saturated heterocycles. The van der Waals surface area contributed by atoms with Crippen molar-refractivity contribution >= 4 is 15.8 Å². The van der Waals surface area contributed by atoms with Gasteiger partial charge in [-0.3, -0.25) is 4.68 Å². The summed E-state index contributed by atoms with van der Waals surface area (Å²) in [6.07, 6.45) is 2.80. The van der Waals surface area contributed by atoms with Gasteiger partial charge in [-0.25, -0.2) is 13.1 Å². The third-order valence-corrected chi connectivity index (χ3v) is 4.54. The third-order valence-electron chi connectivity index (χ3n) is 3.12. The van der Waals surface area contributed by atoms with Gasteiger partial charge in [0.25, 0.3) is 0 Å². The summed E-state index contributed by atoms with van der Waals surface area (Å²) in [4.78, 5) is 0.0114. The van der Waals surface area contributed by atoms with Crippen molar-refractivity contribution in [2.24, 2.45) is 5.41 Å². The summed E-state index contributed by atoms with van der Waals surface area (Å²) in [7, 11) is -3.66. The maximum atomic E-state index is 12.2. The summed E-state index contributed by atoms with van der Waals surface area (Å²) in [5.74, 6) is 0.00696. The SMILES string of the molecule is CCn1cc(S(=O)(=O)NCC(C)(C)CCCO)c(N)n1. The number of aryl methyl sites for hydroxylation is 1. The molecule has 7 nitrogen and oxygen atoms in total. The van der Waals surface area contributed by atoms with Crippen LogP contribution in [0, 0.1) is 5.41 Å². The van der Waals surface area contributed by atoms with E-state index in [1.54, 1.807) is 0 Å². The van der Waals surface area contributed by atoms with E-state index in [0.717, 1.165) is 6.42 Å². The number of aliphatic hydroxyl groups excluding tert-OH is 1. The highest BCUT2D eigenvalue weighted by Crippen LogP contribution is 2.23. The number of rotatable bonds is 8. The first-order chi connectivity index (χ1) is 9.22. The Morgan fingerprint density at radius 3 is 2.65 bits per heavy atom. The lowest BCUT2D eigenvalue weighted by Gasteiger charge is -2.24. The number of hydrogen-bond acceptors (Lipinski definition) is 5. The predicted molar refractivity (Wildman–Crippen MR) is 77.6 cm³/mol. The zero-order valence-corrected chi connectivity index (χ0v) is 13.1. The van der Waals surface area contributed by atoms with Gasteiger partial charge in [0.1, 0.15) is 4.90 Å². The first kappa shape index (κ1) is 16.9. The molecule has 8 heteroatoms. The molecule has 0 aromatic carbocycles. The predicted octanol–water partition coefficient (Wildman–Crippen LogP) is 0.562. The van der Waals surface area contributed by atoms with Crippen LogP contribution in [0.4, 0.5) is 5.82 Å². The van der Waals surface area contributed by atoms with E-state index >= 15 is 0 Å². The second-order valence-electron chi connectivity index (χ2n) is 5.55. The van der Waals surface area contributed by atoms with Gasteiger partial charge in [0.05, 0.1) is 0 Å². The number of hydrogen-bond donors (Lipinski definition) is 3. The van der Waals surface area contributed by atoms with Crippen LogP contribution in [0.2, 0.25) is 0 Å². The lowest BCUT2D eigenvalue weighted by Crippen LogP contribution is -2.34. The molecule has 0 aliphatic carbocycles. The zero-order valence-electron chi connectivity index (χ0n) is 12.3. The summed E-state index contributed by atoms with van der Waals surface area (Å²) in [6.45, 7) is 6.70. The van der Waals surface area contributed by atoms with Crippen LogP contribution >= 0.6 is 0 Å². The quantitative estimate of drug-likeness (QED) is 0.650. The van der Waals surface area contributed by atoms with E-state index in [9.17, 15) is 8.42 Å². The zero-order chi connectivity index (χ0) is 15.4. The van der Waals surface area contributed by atoms with Gasteiger partial charge in [0.2, 0.25) is 10.0 Å². The number of nitrogens with two attached hydrogens (primary N) is 1. The fraction of sp³-hybridized carbons (Fsp3) is 0.750. The Labute approximate surface area is 120 Å². The molecule has 0 atom stereocenters. The van der Waals surface area contributed by atoms with E-state index in [2.05, 4.69) is 9.82 Å². The number of aliphatic hydroxyl groups is 1. The van der Waals surface area contributed by atoms with E-state index in [0.29, 0.717) is 13.0 Å². The molecule has 1 aromatic heterocycles. The monoisotopic (exact) mass is 304 g/mol. The van der Waals surface area contributed by atoms with Crippen LogP contribution in [0.3, 0.4) is 0 Å². The first-order valence-electron chi connectivity index (χ1n) is 6.65. The number of sulfonamides is 1. The Hall–Kier alpha value is -1.12. The van der Waals surface area contributed by atoms with Gasteiger partial charge in [-0.15, -0.1) is 0 Å². The summed E-state index contributed by atoms with van der Waals surface area (Å²) >= 11 is 0. The van der Waals surface area contributed by atoms with Crippen LogP contribution in [-0.4, -0.2) is 36.5 Å².